The molecule has 0 saturated carbocycles. The minimum atomic E-state index is -3.95. The average molecular weight is 600 g/mol. The summed E-state index contributed by atoms with van der Waals surface area (Å²) in [5.41, 5.74) is 2.88. The van der Waals surface area contributed by atoms with E-state index in [-0.39, 0.29) is 17.3 Å². The van der Waals surface area contributed by atoms with E-state index in [0.717, 1.165) is 23.1 Å². The smallest absolute Gasteiger partial charge is 0.344 e. The summed E-state index contributed by atoms with van der Waals surface area (Å²) in [4.78, 5) is 27.7. The highest BCUT2D eigenvalue weighted by molar-refractivity contribution is 7.85. The first-order valence-corrected chi connectivity index (χ1v) is 16.2. The predicted molar refractivity (Wildman–Crippen MR) is 163 cm³/mol. The molecule has 3 aromatic rings. The van der Waals surface area contributed by atoms with Crippen molar-refractivity contribution in [3.8, 4) is 11.1 Å². The number of hydrogen-bond donors (Lipinski definition) is 1. The molecule has 0 radical (unpaired) electrons. The van der Waals surface area contributed by atoms with E-state index in [1.54, 1.807) is 0 Å². The van der Waals surface area contributed by atoms with Gasteiger partial charge in [0.2, 0.25) is 0 Å². The van der Waals surface area contributed by atoms with Crippen molar-refractivity contribution in [1.82, 2.24) is 0 Å². The molecule has 0 spiro atoms. The molecule has 9 nitrogen and oxygen atoms in total. The van der Waals surface area contributed by atoms with Gasteiger partial charge in [0.05, 0.1) is 11.3 Å². The molecule has 0 fully saturated rings. The largest absolute Gasteiger partial charge is 0.460 e. The summed E-state index contributed by atoms with van der Waals surface area (Å²) < 4.78 is 44.0. The van der Waals surface area contributed by atoms with E-state index in [9.17, 15) is 18.0 Å². The molecular formula is C32H43N2O7S+. The lowest BCUT2D eigenvalue weighted by Gasteiger charge is -2.47. The van der Waals surface area contributed by atoms with E-state index in [4.69, 9.17) is 13.7 Å². The van der Waals surface area contributed by atoms with Crippen molar-refractivity contribution in [2.75, 3.05) is 17.2 Å². The highest BCUT2D eigenvalue weighted by Gasteiger charge is 2.36. The van der Waals surface area contributed by atoms with E-state index < -0.39 is 21.3 Å². The number of nitrogens with zero attached hydrogens (tertiary/aromatic N) is 2. The van der Waals surface area contributed by atoms with Crippen LogP contribution in [0.2, 0.25) is 0 Å². The molecule has 0 saturated heterocycles. The molecular weight excluding hydrogens is 556 g/mol. The molecule has 42 heavy (non-hydrogen) atoms. The number of aryl methyl sites for hydroxylation is 1. The van der Waals surface area contributed by atoms with Crippen molar-refractivity contribution < 1.29 is 31.5 Å². The Morgan fingerprint density at radius 2 is 1.83 bits per heavy atom. The normalized spacial score (nSPS) is 16.8. The van der Waals surface area contributed by atoms with Crippen molar-refractivity contribution in [2.24, 2.45) is 0 Å². The van der Waals surface area contributed by atoms with Crippen LogP contribution < -0.4 is 15.1 Å². The molecule has 10 heteroatoms. The standard InChI is InChI=1S/C32H42N2O7S/c1-22-21-32(5,6)34(14-9-10-29(35)41-31(2,3)4)27-20-28-24(18-25(22)27)19-26(30(36)40-28)23-11-15-33(16-12-23)13-7-8-17-42(37,38)39/h11-12,15-16,18-20,22H,7-10,13-14,17,21H2,1-6H3/p+1. The Morgan fingerprint density at radius 1 is 1.14 bits per heavy atom. The molecule has 2 aromatic heterocycles. The molecule has 3 heterocycles. The molecule has 228 valence electrons. The second-order valence-corrected chi connectivity index (χ2v) is 14.5. The van der Waals surface area contributed by atoms with Crippen LogP contribution in [0.1, 0.15) is 85.1 Å². The van der Waals surface area contributed by atoms with Crippen molar-refractivity contribution in [2.45, 2.75) is 97.2 Å². The van der Waals surface area contributed by atoms with Crippen LogP contribution in [-0.4, -0.2) is 42.4 Å². The van der Waals surface area contributed by atoms with E-state index in [0.29, 0.717) is 55.8 Å². The quantitative estimate of drug-likeness (QED) is 0.105. The van der Waals surface area contributed by atoms with Crippen LogP contribution in [0.25, 0.3) is 22.1 Å². The van der Waals surface area contributed by atoms with Gasteiger partial charge < -0.3 is 14.1 Å². The topological polar surface area (TPSA) is 118 Å². The average Bonchev–Trinajstić information content (AvgIpc) is 2.86. The van der Waals surface area contributed by atoms with Crippen LogP contribution in [0.4, 0.5) is 5.69 Å². The second kappa shape index (κ2) is 12.2. The fourth-order valence-corrected chi connectivity index (χ4v) is 6.43. The zero-order valence-corrected chi connectivity index (χ0v) is 26.3. The first-order chi connectivity index (χ1) is 19.5. The van der Waals surface area contributed by atoms with Crippen molar-refractivity contribution in [1.29, 1.82) is 0 Å². The predicted octanol–water partition coefficient (Wildman–Crippen LogP) is 5.63. The number of fused-ring (bicyclic) bond motifs is 2. The molecule has 1 aromatic carbocycles. The number of unbranched alkanes of at least 4 members (excludes halogenated alkanes) is 1. The van der Waals surface area contributed by atoms with Crippen LogP contribution in [0.15, 0.2) is 51.9 Å². The number of rotatable bonds is 10. The van der Waals surface area contributed by atoms with Gasteiger partial charge in [-0.15, -0.1) is 0 Å². The number of hydrogen-bond acceptors (Lipinski definition) is 7. The van der Waals surface area contributed by atoms with Gasteiger partial charge in [-0.2, -0.15) is 8.42 Å². The maximum absolute atomic E-state index is 13.1. The summed E-state index contributed by atoms with van der Waals surface area (Å²) in [6.45, 7) is 13.5. The number of benzene rings is 1. The number of anilines is 1. The van der Waals surface area contributed by atoms with Crippen molar-refractivity contribution in [3.63, 3.8) is 0 Å². The maximum atomic E-state index is 13.1. The molecule has 0 bridgehead atoms. The first kappa shape index (κ1) is 31.7. The highest BCUT2D eigenvalue weighted by atomic mass is 32.2. The molecule has 4 rings (SSSR count). The van der Waals surface area contributed by atoms with Crippen LogP contribution in [0, 0.1) is 0 Å². The molecule has 0 aliphatic carbocycles. The van der Waals surface area contributed by atoms with Crippen LogP contribution in [0.3, 0.4) is 0 Å². The molecule has 0 amide bonds. The second-order valence-electron chi connectivity index (χ2n) is 13.0. The Balaban J connectivity index is 1.56. The van der Waals surface area contributed by atoms with Crippen molar-refractivity contribution >= 4 is 32.7 Å². The number of aromatic nitrogens is 1. The summed E-state index contributed by atoms with van der Waals surface area (Å²) in [5.74, 6) is -0.159. The minimum Gasteiger partial charge on any atom is -0.460 e. The van der Waals surface area contributed by atoms with Gasteiger partial charge in [-0.1, -0.05) is 6.92 Å². The lowest BCUT2D eigenvalue weighted by molar-refractivity contribution is -0.697. The lowest BCUT2D eigenvalue weighted by atomic mass is 9.79. The third kappa shape index (κ3) is 7.98. The molecule has 1 atom stereocenters. The number of esters is 1. The van der Waals surface area contributed by atoms with Crippen molar-refractivity contribution in [3.05, 3.63) is 58.7 Å². The lowest BCUT2D eigenvalue weighted by Crippen LogP contribution is -2.48. The molecule has 1 aliphatic heterocycles. The Kier molecular flexibility index (Phi) is 9.18. The minimum absolute atomic E-state index is 0.139. The summed E-state index contributed by atoms with van der Waals surface area (Å²) in [7, 11) is -3.95. The summed E-state index contributed by atoms with van der Waals surface area (Å²) in [6.07, 6.45) is 6.59. The fourth-order valence-electron chi connectivity index (χ4n) is 5.86. The number of ether oxygens (including phenoxy) is 1. The van der Waals surface area contributed by atoms with Gasteiger partial charge in [0.15, 0.2) is 12.4 Å². The Morgan fingerprint density at radius 3 is 2.48 bits per heavy atom. The maximum Gasteiger partial charge on any atom is 0.344 e. The monoisotopic (exact) mass is 599 g/mol. The van der Waals surface area contributed by atoms with E-state index in [1.807, 2.05) is 62.0 Å². The first-order valence-electron chi connectivity index (χ1n) is 14.6. The van der Waals surface area contributed by atoms with Gasteiger partial charge >= 0.3 is 11.6 Å². The zero-order valence-electron chi connectivity index (χ0n) is 25.5. The van der Waals surface area contributed by atoms with Gasteiger partial charge in [-0.3, -0.25) is 9.35 Å². The fraction of sp³-hybridized carbons (Fsp3) is 0.531. The van der Waals surface area contributed by atoms with E-state index in [2.05, 4.69) is 31.7 Å². The number of carbonyl (C=O) groups excluding carboxylic acids is 1. The molecule has 1 aliphatic rings. The third-order valence-corrected chi connectivity index (χ3v) is 8.50. The van der Waals surface area contributed by atoms with Gasteiger partial charge in [0.25, 0.3) is 10.1 Å². The summed E-state index contributed by atoms with van der Waals surface area (Å²) in [6, 6.07) is 9.66. The van der Waals surface area contributed by atoms with Crippen LogP contribution in [-0.2, 0) is 26.2 Å². The van der Waals surface area contributed by atoms with Gasteiger partial charge in [0.1, 0.15) is 17.7 Å². The Labute approximate surface area is 248 Å². The Hall–Kier alpha value is -3.24. The van der Waals surface area contributed by atoms with E-state index in [1.165, 1.54) is 5.56 Å². The molecule has 1 N–H and O–H groups in total. The van der Waals surface area contributed by atoms with Crippen LogP contribution >= 0.6 is 0 Å². The van der Waals surface area contributed by atoms with Gasteiger partial charge in [0, 0.05) is 59.8 Å². The molecule has 1 unspecified atom stereocenters. The number of carbonyl (C=O) groups is 1. The zero-order chi connectivity index (χ0) is 30.9. The van der Waals surface area contributed by atoms with E-state index >= 15 is 0 Å². The van der Waals surface area contributed by atoms with Gasteiger partial charge in [-0.25, -0.2) is 9.36 Å². The summed E-state index contributed by atoms with van der Waals surface area (Å²) >= 11 is 0. The van der Waals surface area contributed by atoms with Crippen LogP contribution in [0.5, 0.6) is 0 Å². The Bertz CT molecular complexity index is 1600. The van der Waals surface area contributed by atoms with Gasteiger partial charge in [-0.05, 0) is 77.5 Å². The summed E-state index contributed by atoms with van der Waals surface area (Å²) in [5, 5.41) is 0.852. The SMILES string of the molecule is CC1CC(C)(C)N(CCCC(=O)OC(C)(C)C)c2cc3oc(=O)c(-c4cc[n+](CCCCS(=O)(=O)O)cc4)cc3cc21. The highest BCUT2D eigenvalue weighted by Crippen LogP contribution is 2.45. The third-order valence-electron chi connectivity index (χ3n) is 7.69. The number of pyridine rings is 1.